The monoisotopic (exact) mass is 540 g/mol. The quantitative estimate of drug-likeness (QED) is 0.239. The third-order valence-electron chi connectivity index (χ3n) is 3.62. The smallest absolute Gasteiger partial charge is 0.254 e. The van der Waals surface area contributed by atoms with Crippen LogP contribution in [0.5, 0.6) is 0 Å². The first kappa shape index (κ1) is 21.7. The van der Waals surface area contributed by atoms with Gasteiger partial charge >= 0.3 is 0 Å². The number of benzene rings is 2. The van der Waals surface area contributed by atoms with Crippen molar-refractivity contribution in [3.05, 3.63) is 68.3 Å². The topological polar surface area (TPSA) is 41.1 Å². The molecule has 0 saturated heterocycles. The number of nitrogens with one attached hydrogen (secondary N) is 2. The number of carbonyl (C=O) groups excluding carboxylic acids is 1. The van der Waals surface area contributed by atoms with E-state index in [-0.39, 0.29) is 5.91 Å². The van der Waals surface area contributed by atoms with Gasteiger partial charge in [-0.2, -0.15) is 0 Å². The van der Waals surface area contributed by atoms with Gasteiger partial charge in [0.25, 0.3) is 5.91 Å². The summed E-state index contributed by atoms with van der Waals surface area (Å²) < 4.78 is -0.999. The van der Waals surface area contributed by atoms with E-state index in [0.717, 1.165) is 20.3 Å². The lowest BCUT2D eigenvalue weighted by molar-refractivity contribution is 0.0933. The highest BCUT2D eigenvalue weighted by Crippen LogP contribution is 2.30. The normalized spacial score (nSPS) is 12.4. The zero-order chi connectivity index (χ0) is 19.5. The lowest BCUT2D eigenvalue weighted by Crippen LogP contribution is -2.55. The minimum atomic E-state index is -1.79. The van der Waals surface area contributed by atoms with Crippen LogP contribution in [0.3, 0.4) is 0 Å². The van der Waals surface area contributed by atoms with Crippen LogP contribution in [-0.4, -0.2) is 20.9 Å². The standard InChI is InChI=1S/C18H16Cl3IN2OS/c1-10-7-8-12(11(2)9-10)16(26)24-17(18(19,20)21)23-15(25)13-5-3-4-6-14(13)22/h3-9,17H,1-2H3,(H,23,25)(H,24,26)/t17-/m1/s1. The minimum absolute atomic E-state index is 0.359. The van der Waals surface area contributed by atoms with Crippen LogP contribution in [0.4, 0.5) is 0 Å². The number of hydrogen-bond acceptors (Lipinski definition) is 2. The van der Waals surface area contributed by atoms with Crippen LogP contribution >= 0.6 is 69.6 Å². The average Bonchev–Trinajstić information content (AvgIpc) is 2.53. The van der Waals surface area contributed by atoms with Crippen LogP contribution in [0.15, 0.2) is 42.5 Å². The highest BCUT2D eigenvalue weighted by molar-refractivity contribution is 14.1. The van der Waals surface area contributed by atoms with Crippen LogP contribution in [0.2, 0.25) is 0 Å². The molecule has 0 unspecified atom stereocenters. The molecule has 0 heterocycles. The Morgan fingerprint density at radius 2 is 1.73 bits per heavy atom. The molecule has 2 aromatic carbocycles. The molecule has 2 N–H and O–H groups in total. The molecule has 0 aliphatic carbocycles. The second-order valence-corrected chi connectivity index (χ2v) is 9.66. The molecule has 0 bridgehead atoms. The summed E-state index contributed by atoms with van der Waals surface area (Å²) in [6, 6.07) is 13.0. The lowest BCUT2D eigenvalue weighted by atomic mass is 10.1. The van der Waals surface area contributed by atoms with E-state index in [2.05, 4.69) is 33.2 Å². The van der Waals surface area contributed by atoms with Crippen molar-refractivity contribution in [1.29, 1.82) is 0 Å². The Morgan fingerprint density at radius 3 is 2.31 bits per heavy atom. The van der Waals surface area contributed by atoms with E-state index < -0.39 is 9.96 Å². The fraction of sp³-hybridized carbons (Fsp3) is 0.222. The second-order valence-electron chi connectivity index (χ2n) is 5.72. The van der Waals surface area contributed by atoms with E-state index in [0.29, 0.717) is 10.6 Å². The molecule has 0 spiro atoms. The Balaban J connectivity index is 2.21. The molecule has 1 atom stereocenters. The van der Waals surface area contributed by atoms with Crippen LogP contribution in [0.1, 0.15) is 27.0 Å². The van der Waals surface area contributed by atoms with Gasteiger partial charge in [0.15, 0.2) is 0 Å². The summed E-state index contributed by atoms with van der Waals surface area (Å²) in [4.78, 5) is 13.0. The van der Waals surface area contributed by atoms with Gasteiger partial charge in [-0.25, -0.2) is 0 Å². The number of hydrogen-bond donors (Lipinski definition) is 2. The zero-order valence-corrected chi connectivity index (χ0v) is 19.2. The average molecular weight is 542 g/mol. The summed E-state index contributed by atoms with van der Waals surface area (Å²) in [7, 11) is 0. The van der Waals surface area contributed by atoms with E-state index in [4.69, 9.17) is 47.0 Å². The number of carbonyl (C=O) groups is 1. The Kier molecular flexibility index (Phi) is 7.56. The van der Waals surface area contributed by atoms with Gasteiger partial charge in [0.1, 0.15) is 11.2 Å². The largest absolute Gasteiger partial charge is 0.352 e. The van der Waals surface area contributed by atoms with Crippen LogP contribution in [0.25, 0.3) is 0 Å². The highest BCUT2D eigenvalue weighted by Gasteiger charge is 2.35. The van der Waals surface area contributed by atoms with Crippen molar-refractivity contribution in [2.45, 2.75) is 23.8 Å². The Hall–Kier alpha value is -0.600. The van der Waals surface area contributed by atoms with Crippen molar-refractivity contribution >= 4 is 80.5 Å². The Morgan fingerprint density at radius 1 is 1.08 bits per heavy atom. The van der Waals surface area contributed by atoms with E-state index in [1.165, 1.54) is 0 Å². The van der Waals surface area contributed by atoms with Gasteiger partial charge in [-0.05, 0) is 54.1 Å². The molecular formula is C18H16Cl3IN2OS. The third-order valence-corrected chi connectivity index (χ3v) is 5.56. The number of halogens is 4. The van der Waals surface area contributed by atoms with E-state index in [9.17, 15) is 4.79 Å². The fourth-order valence-corrected chi connectivity index (χ4v) is 3.64. The minimum Gasteiger partial charge on any atom is -0.352 e. The van der Waals surface area contributed by atoms with Gasteiger partial charge in [0.2, 0.25) is 3.79 Å². The Labute approximate surface area is 186 Å². The first-order chi connectivity index (χ1) is 12.1. The van der Waals surface area contributed by atoms with Gasteiger partial charge in [-0.15, -0.1) is 0 Å². The van der Waals surface area contributed by atoms with Crippen molar-refractivity contribution in [2.24, 2.45) is 0 Å². The highest BCUT2D eigenvalue weighted by atomic mass is 127. The van der Waals surface area contributed by atoms with E-state index >= 15 is 0 Å². The number of amides is 1. The Bertz CT molecular complexity index is 839. The van der Waals surface area contributed by atoms with Crippen LogP contribution in [0, 0.1) is 17.4 Å². The first-order valence-corrected chi connectivity index (χ1v) is 10.2. The molecule has 2 aromatic rings. The van der Waals surface area contributed by atoms with Gasteiger partial charge in [-0.1, -0.05) is 82.9 Å². The third kappa shape index (κ3) is 5.70. The molecule has 1 amide bonds. The molecule has 26 heavy (non-hydrogen) atoms. The fourth-order valence-electron chi connectivity index (χ4n) is 2.33. The van der Waals surface area contributed by atoms with E-state index in [1.54, 1.807) is 12.1 Å². The summed E-state index contributed by atoms with van der Waals surface area (Å²) in [5.74, 6) is -0.359. The van der Waals surface area contributed by atoms with Crippen molar-refractivity contribution in [1.82, 2.24) is 10.6 Å². The van der Waals surface area contributed by atoms with Gasteiger partial charge in [-0.3, -0.25) is 4.79 Å². The van der Waals surface area contributed by atoms with Crippen LogP contribution in [-0.2, 0) is 0 Å². The maximum absolute atomic E-state index is 12.6. The molecule has 8 heteroatoms. The van der Waals surface area contributed by atoms with Gasteiger partial charge in [0.05, 0.1) is 5.56 Å². The molecule has 0 aromatic heterocycles. The SMILES string of the molecule is Cc1ccc(C(=S)N[C@@H](NC(=O)c2ccccc2I)C(Cl)(Cl)Cl)c(C)c1. The summed E-state index contributed by atoms with van der Waals surface area (Å²) in [6.45, 7) is 3.95. The van der Waals surface area contributed by atoms with Crippen molar-refractivity contribution in [2.75, 3.05) is 0 Å². The van der Waals surface area contributed by atoms with Crippen molar-refractivity contribution < 1.29 is 4.79 Å². The summed E-state index contributed by atoms with van der Waals surface area (Å²) >= 11 is 25.7. The second kappa shape index (κ2) is 9.06. The maximum atomic E-state index is 12.6. The first-order valence-electron chi connectivity index (χ1n) is 7.60. The predicted molar refractivity (Wildman–Crippen MR) is 121 cm³/mol. The number of thiocarbonyl (C=S) groups is 1. The zero-order valence-electron chi connectivity index (χ0n) is 13.9. The molecule has 138 valence electrons. The summed E-state index contributed by atoms with van der Waals surface area (Å²) in [5.41, 5.74) is 3.42. The molecule has 0 radical (unpaired) electrons. The number of aryl methyl sites for hydroxylation is 2. The maximum Gasteiger partial charge on any atom is 0.254 e. The molecule has 2 rings (SSSR count). The van der Waals surface area contributed by atoms with Gasteiger partial charge in [0, 0.05) is 9.13 Å². The molecular weight excluding hydrogens is 526 g/mol. The molecule has 0 saturated carbocycles. The summed E-state index contributed by atoms with van der Waals surface area (Å²) in [5, 5.41) is 5.66. The summed E-state index contributed by atoms with van der Waals surface area (Å²) in [6.07, 6.45) is -0.996. The lowest BCUT2D eigenvalue weighted by Gasteiger charge is -2.28. The van der Waals surface area contributed by atoms with Crippen molar-refractivity contribution in [3.8, 4) is 0 Å². The molecule has 3 nitrogen and oxygen atoms in total. The molecule has 0 aliphatic rings. The molecule has 0 aliphatic heterocycles. The van der Waals surface area contributed by atoms with Crippen molar-refractivity contribution in [3.63, 3.8) is 0 Å². The molecule has 0 fully saturated rings. The van der Waals surface area contributed by atoms with Crippen LogP contribution < -0.4 is 10.6 Å². The number of alkyl halides is 3. The predicted octanol–water partition coefficient (Wildman–Crippen LogP) is 5.30. The number of rotatable bonds is 4. The van der Waals surface area contributed by atoms with Gasteiger partial charge < -0.3 is 10.6 Å². The van der Waals surface area contributed by atoms with E-state index in [1.807, 2.05) is 44.2 Å².